The predicted molar refractivity (Wildman–Crippen MR) is 162 cm³/mol. The van der Waals surface area contributed by atoms with Crippen LogP contribution in [0.4, 0.5) is 0 Å². The number of amidine groups is 1. The molecule has 3 heterocycles. The summed E-state index contributed by atoms with van der Waals surface area (Å²) in [4.78, 5) is 7.73. The summed E-state index contributed by atoms with van der Waals surface area (Å²) in [5.74, 6) is 1.61. The highest BCUT2D eigenvalue weighted by molar-refractivity contribution is 9.10. The number of allylic oxidation sites excluding steroid dienone is 1. The Hall–Kier alpha value is -2.74. The van der Waals surface area contributed by atoms with Gasteiger partial charge in [-0.15, -0.1) is 0 Å². The Labute approximate surface area is 243 Å². The largest absolute Gasteiger partial charge is 0.486 e. The van der Waals surface area contributed by atoms with Crippen molar-refractivity contribution in [3.05, 3.63) is 115 Å². The molecule has 0 fully saturated rings. The van der Waals surface area contributed by atoms with E-state index in [2.05, 4.69) is 109 Å². The smallest absolute Gasteiger partial charge is 0.174 e. The zero-order chi connectivity index (χ0) is 25.6. The molecule has 38 heavy (non-hydrogen) atoms. The Kier molecular flexibility index (Phi) is 6.46. The maximum atomic E-state index is 5.92. The number of thioether (sulfide) groups is 1. The van der Waals surface area contributed by atoms with Gasteiger partial charge in [0.1, 0.15) is 13.2 Å². The first-order chi connectivity index (χ1) is 18.6. The lowest BCUT2D eigenvalue weighted by Gasteiger charge is -2.40. The van der Waals surface area contributed by atoms with Crippen molar-refractivity contribution >= 4 is 60.6 Å². The normalized spacial score (nSPS) is 21.2. The highest BCUT2D eigenvalue weighted by Gasteiger charge is 2.40. The Morgan fingerprint density at radius 3 is 2.39 bits per heavy atom. The van der Waals surface area contributed by atoms with Crippen LogP contribution in [0.2, 0.25) is 0 Å². The lowest BCUT2D eigenvalue weighted by Crippen LogP contribution is -2.34. The van der Waals surface area contributed by atoms with Crippen LogP contribution < -0.4 is 9.47 Å². The molecule has 0 radical (unpaired) electrons. The van der Waals surface area contributed by atoms with Crippen LogP contribution in [0.1, 0.15) is 42.0 Å². The van der Waals surface area contributed by atoms with Gasteiger partial charge in [0.15, 0.2) is 16.7 Å². The molecule has 0 amide bonds. The summed E-state index contributed by atoms with van der Waals surface area (Å²) in [6.45, 7) is 1.17. The third-order valence-electron chi connectivity index (χ3n) is 7.27. The van der Waals surface area contributed by atoms with E-state index in [-0.39, 0.29) is 6.04 Å². The molecule has 0 spiro atoms. The van der Waals surface area contributed by atoms with Gasteiger partial charge in [-0.05, 0) is 90.1 Å². The molecule has 3 aromatic rings. The van der Waals surface area contributed by atoms with Crippen molar-refractivity contribution in [3.8, 4) is 11.5 Å². The van der Waals surface area contributed by atoms with Crippen molar-refractivity contribution in [1.29, 1.82) is 0 Å². The van der Waals surface area contributed by atoms with Crippen LogP contribution in [0.15, 0.2) is 103 Å². The summed E-state index contributed by atoms with van der Waals surface area (Å²) in [5, 5.41) is 3.25. The maximum Gasteiger partial charge on any atom is 0.174 e. The maximum absolute atomic E-state index is 5.92. The number of hydrogen-bond acceptors (Lipinski definition) is 5. The topological polar surface area (TPSA) is 34.1 Å². The first-order valence-electron chi connectivity index (χ1n) is 12.7. The van der Waals surface area contributed by atoms with Gasteiger partial charge in [-0.3, -0.25) is 0 Å². The quantitative estimate of drug-likeness (QED) is 0.284. The molecule has 0 bridgehead atoms. The van der Waals surface area contributed by atoms with E-state index < -0.39 is 0 Å². The van der Waals surface area contributed by atoms with Crippen LogP contribution in [0.3, 0.4) is 0 Å². The second-order valence-corrected chi connectivity index (χ2v) is 12.3. The molecule has 190 valence electrons. The predicted octanol–water partition coefficient (Wildman–Crippen LogP) is 8.96. The molecule has 0 N–H and O–H groups in total. The number of aliphatic imine (C=N–C) groups is 1. The second-order valence-electron chi connectivity index (χ2n) is 9.65. The number of fused-ring (bicyclic) bond motifs is 2. The Balaban J connectivity index is 1.34. The summed E-state index contributed by atoms with van der Waals surface area (Å²) in [6.07, 6.45) is 5.49. The lowest BCUT2D eigenvalue weighted by atomic mass is 9.83. The number of benzene rings is 3. The zero-order valence-corrected chi connectivity index (χ0v) is 24.5. The molecule has 4 aliphatic rings. The molecule has 1 aliphatic carbocycles. The van der Waals surface area contributed by atoms with Crippen molar-refractivity contribution in [2.45, 2.75) is 25.3 Å². The van der Waals surface area contributed by atoms with Gasteiger partial charge in [0, 0.05) is 19.9 Å². The van der Waals surface area contributed by atoms with E-state index in [1.807, 2.05) is 6.07 Å². The van der Waals surface area contributed by atoms with Crippen molar-refractivity contribution in [2.24, 2.45) is 4.99 Å². The minimum atomic E-state index is 0.0775. The Bertz CT molecular complexity index is 1540. The highest BCUT2D eigenvalue weighted by Crippen LogP contribution is 2.51. The summed E-state index contributed by atoms with van der Waals surface area (Å²) in [7, 11) is 0. The standard InChI is InChI=1S/C31H24Br2N2O2S/c32-23-9-4-19(5-10-23)16-22-2-1-3-25-29(22)34-31-35(30(25)20-6-11-24(33)12-7-20)26(18-38-31)21-8-13-27-28(17-21)37-15-14-36-27/h4-13,16-18,30H,1-3,14-15H2/b22-16+/t30-/m1/s1. The van der Waals surface area contributed by atoms with Crippen molar-refractivity contribution < 1.29 is 9.47 Å². The fourth-order valence-electron chi connectivity index (χ4n) is 5.53. The average molecular weight is 648 g/mol. The number of rotatable bonds is 3. The van der Waals surface area contributed by atoms with Crippen LogP contribution in [0.25, 0.3) is 11.8 Å². The SMILES string of the molecule is Brc1ccc(/C=C2\CCCC3=C2N=C2SC=C(c4ccc5c(c4)OCCO5)N2[C@@H]3c2ccc(Br)cc2)cc1. The van der Waals surface area contributed by atoms with E-state index in [4.69, 9.17) is 14.5 Å². The van der Waals surface area contributed by atoms with E-state index in [9.17, 15) is 0 Å². The molecule has 1 atom stereocenters. The minimum Gasteiger partial charge on any atom is -0.486 e. The van der Waals surface area contributed by atoms with Crippen molar-refractivity contribution in [1.82, 2.24) is 4.90 Å². The lowest BCUT2D eigenvalue weighted by molar-refractivity contribution is 0.171. The minimum absolute atomic E-state index is 0.0775. The molecule has 3 aliphatic heterocycles. The van der Waals surface area contributed by atoms with E-state index in [1.54, 1.807) is 11.8 Å². The molecule has 7 heteroatoms. The molecule has 7 rings (SSSR count). The Morgan fingerprint density at radius 1 is 0.868 bits per heavy atom. The van der Waals surface area contributed by atoms with Crippen LogP contribution in [-0.2, 0) is 0 Å². The van der Waals surface area contributed by atoms with Crippen molar-refractivity contribution in [3.63, 3.8) is 0 Å². The summed E-state index contributed by atoms with van der Waals surface area (Å²) in [6, 6.07) is 23.6. The summed E-state index contributed by atoms with van der Waals surface area (Å²) < 4.78 is 13.9. The fraction of sp³-hybridized carbons (Fsp3) is 0.194. The number of nitrogens with zero attached hydrogens (tertiary/aromatic N) is 2. The summed E-state index contributed by atoms with van der Waals surface area (Å²) in [5.41, 5.74) is 8.59. The van der Waals surface area contributed by atoms with Crippen molar-refractivity contribution in [2.75, 3.05) is 13.2 Å². The van der Waals surface area contributed by atoms with E-state index in [1.165, 1.54) is 22.3 Å². The monoisotopic (exact) mass is 646 g/mol. The van der Waals surface area contributed by atoms with Gasteiger partial charge in [0.05, 0.1) is 17.4 Å². The molecule has 0 saturated carbocycles. The zero-order valence-electron chi connectivity index (χ0n) is 20.5. The molecule has 3 aromatic carbocycles. The molecule has 0 saturated heterocycles. The van der Waals surface area contributed by atoms with E-state index in [0.29, 0.717) is 13.2 Å². The molecule has 4 nitrogen and oxygen atoms in total. The van der Waals surface area contributed by atoms with Gasteiger partial charge in [0.2, 0.25) is 0 Å². The fourth-order valence-corrected chi connectivity index (χ4v) is 6.99. The summed E-state index contributed by atoms with van der Waals surface area (Å²) >= 11 is 8.88. The van der Waals surface area contributed by atoms with E-state index in [0.717, 1.165) is 61.8 Å². The van der Waals surface area contributed by atoms with Crippen LogP contribution in [0, 0.1) is 0 Å². The third-order valence-corrected chi connectivity index (χ3v) is 9.17. The number of ether oxygens (including phenoxy) is 2. The number of hydrogen-bond donors (Lipinski definition) is 0. The van der Waals surface area contributed by atoms with E-state index >= 15 is 0 Å². The van der Waals surface area contributed by atoms with Gasteiger partial charge in [-0.1, -0.05) is 67.9 Å². The van der Waals surface area contributed by atoms with Gasteiger partial charge >= 0.3 is 0 Å². The highest BCUT2D eigenvalue weighted by atomic mass is 79.9. The average Bonchev–Trinajstić information content (AvgIpc) is 3.37. The molecule has 0 aromatic heterocycles. The van der Waals surface area contributed by atoms with Gasteiger partial charge in [-0.25, -0.2) is 4.99 Å². The van der Waals surface area contributed by atoms with Gasteiger partial charge < -0.3 is 14.4 Å². The third kappa shape index (κ3) is 4.44. The molecular formula is C31H24Br2N2O2S. The molecule has 0 unspecified atom stereocenters. The molecular weight excluding hydrogens is 624 g/mol. The van der Waals surface area contributed by atoms with Crippen LogP contribution in [-0.4, -0.2) is 23.3 Å². The van der Waals surface area contributed by atoms with Gasteiger partial charge in [0.25, 0.3) is 0 Å². The van der Waals surface area contributed by atoms with Crippen LogP contribution >= 0.6 is 43.6 Å². The van der Waals surface area contributed by atoms with Gasteiger partial charge in [-0.2, -0.15) is 0 Å². The first-order valence-corrected chi connectivity index (χ1v) is 15.2. The first kappa shape index (κ1) is 24.3. The van der Waals surface area contributed by atoms with Crippen LogP contribution in [0.5, 0.6) is 11.5 Å². The second kappa shape index (κ2) is 10.1. The Morgan fingerprint density at radius 2 is 1.61 bits per heavy atom. The number of halogens is 2.